The van der Waals surface area contributed by atoms with Gasteiger partial charge < -0.3 is 19.5 Å². The van der Waals surface area contributed by atoms with Gasteiger partial charge >= 0.3 is 0 Å². The van der Waals surface area contributed by atoms with E-state index in [4.69, 9.17) is 14.2 Å². The van der Waals surface area contributed by atoms with Crippen molar-refractivity contribution in [2.45, 2.75) is 13.0 Å². The fourth-order valence-electron chi connectivity index (χ4n) is 2.50. The van der Waals surface area contributed by atoms with Crippen molar-refractivity contribution in [3.8, 4) is 11.5 Å². The van der Waals surface area contributed by atoms with Crippen LogP contribution in [0.1, 0.15) is 18.5 Å². The number of nitrogens with one attached hydrogen (secondary N) is 1. The highest BCUT2D eigenvalue weighted by Crippen LogP contribution is 2.29. The van der Waals surface area contributed by atoms with Gasteiger partial charge in [0.05, 0.1) is 27.4 Å². The Morgan fingerprint density at radius 2 is 1.90 bits per heavy atom. The predicted molar refractivity (Wildman–Crippen MR) is 83.2 cm³/mol. The molecule has 5 heteroatoms. The van der Waals surface area contributed by atoms with Gasteiger partial charge in [-0.3, -0.25) is 4.90 Å². The summed E-state index contributed by atoms with van der Waals surface area (Å²) in [5, 5.41) is 3.56. The molecule has 21 heavy (non-hydrogen) atoms. The molecule has 1 aromatic rings. The van der Waals surface area contributed by atoms with E-state index in [-0.39, 0.29) is 6.04 Å². The van der Waals surface area contributed by atoms with Crippen LogP contribution in [0.5, 0.6) is 11.5 Å². The second kappa shape index (κ2) is 8.22. The first-order valence-corrected chi connectivity index (χ1v) is 7.50. The molecule has 0 aliphatic carbocycles. The van der Waals surface area contributed by atoms with Gasteiger partial charge in [0.2, 0.25) is 0 Å². The Morgan fingerprint density at radius 3 is 2.57 bits per heavy atom. The molecule has 1 fully saturated rings. The highest BCUT2D eigenvalue weighted by Gasteiger charge is 2.12. The van der Waals surface area contributed by atoms with Crippen LogP contribution in [0.4, 0.5) is 0 Å². The van der Waals surface area contributed by atoms with Crippen molar-refractivity contribution in [1.29, 1.82) is 0 Å². The second-order valence-electron chi connectivity index (χ2n) is 5.24. The van der Waals surface area contributed by atoms with Crippen LogP contribution in [0.15, 0.2) is 18.2 Å². The number of ether oxygens (including phenoxy) is 3. The van der Waals surface area contributed by atoms with Gasteiger partial charge in [0, 0.05) is 32.2 Å². The number of hydrogen-bond acceptors (Lipinski definition) is 5. The summed E-state index contributed by atoms with van der Waals surface area (Å²) >= 11 is 0. The smallest absolute Gasteiger partial charge is 0.161 e. The standard InChI is InChI=1S/C16H26N2O3/c1-13(17-6-7-18-8-10-21-11-9-18)14-4-5-15(19-2)16(12-14)20-3/h4-5,12-13,17H,6-11H2,1-3H3. The van der Waals surface area contributed by atoms with Gasteiger partial charge in [-0.2, -0.15) is 0 Å². The van der Waals surface area contributed by atoms with Crippen molar-refractivity contribution in [3.63, 3.8) is 0 Å². The molecule has 1 N–H and O–H groups in total. The van der Waals surface area contributed by atoms with E-state index in [0.29, 0.717) is 0 Å². The molecule has 0 radical (unpaired) electrons. The van der Waals surface area contributed by atoms with E-state index in [1.807, 2.05) is 12.1 Å². The summed E-state index contributed by atoms with van der Waals surface area (Å²) in [5.74, 6) is 1.54. The summed E-state index contributed by atoms with van der Waals surface area (Å²) in [6.45, 7) is 7.96. The summed E-state index contributed by atoms with van der Waals surface area (Å²) in [6, 6.07) is 6.35. The van der Waals surface area contributed by atoms with Crippen molar-refractivity contribution < 1.29 is 14.2 Å². The monoisotopic (exact) mass is 294 g/mol. The molecule has 0 saturated carbocycles. The third-order valence-corrected chi connectivity index (χ3v) is 3.89. The molecule has 2 rings (SSSR count). The molecular formula is C16H26N2O3. The summed E-state index contributed by atoms with van der Waals surface area (Å²) in [7, 11) is 3.32. The van der Waals surface area contributed by atoms with Crippen molar-refractivity contribution >= 4 is 0 Å². The second-order valence-corrected chi connectivity index (χ2v) is 5.24. The fourth-order valence-corrected chi connectivity index (χ4v) is 2.50. The number of morpholine rings is 1. The Kier molecular flexibility index (Phi) is 6.29. The first-order chi connectivity index (χ1) is 10.2. The average Bonchev–Trinajstić information content (AvgIpc) is 2.55. The van der Waals surface area contributed by atoms with Crippen molar-refractivity contribution in [2.75, 3.05) is 53.6 Å². The zero-order valence-electron chi connectivity index (χ0n) is 13.2. The van der Waals surface area contributed by atoms with E-state index in [1.165, 1.54) is 5.56 Å². The maximum absolute atomic E-state index is 5.36. The van der Waals surface area contributed by atoms with Crippen LogP contribution >= 0.6 is 0 Å². The summed E-state index contributed by atoms with van der Waals surface area (Å²) < 4.78 is 16.0. The lowest BCUT2D eigenvalue weighted by Crippen LogP contribution is -2.40. The topological polar surface area (TPSA) is 43.0 Å². The average molecular weight is 294 g/mol. The Balaban J connectivity index is 1.83. The van der Waals surface area contributed by atoms with Crippen LogP contribution in [0.25, 0.3) is 0 Å². The first kappa shape index (κ1) is 16.1. The van der Waals surface area contributed by atoms with E-state index in [1.54, 1.807) is 14.2 Å². The highest BCUT2D eigenvalue weighted by molar-refractivity contribution is 5.43. The number of hydrogen-bond donors (Lipinski definition) is 1. The Bertz CT molecular complexity index is 434. The molecule has 0 bridgehead atoms. The zero-order chi connectivity index (χ0) is 15.1. The molecule has 0 amide bonds. The summed E-state index contributed by atoms with van der Waals surface area (Å²) in [4.78, 5) is 2.43. The highest BCUT2D eigenvalue weighted by atomic mass is 16.5. The molecule has 1 aromatic carbocycles. The molecule has 0 spiro atoms. The first-order valence-electron chi connectivity index (χ1n) is 7.50. The number of benzene rings is 1. The largest absolute Gasteiger partial charge is 0.493 e. The Morgan fingerprint density at radius 1 is 1.19 bits per heavy atom. The molecule has 1 saturated heterocycles. The molecule has 1 atom stereocenters. The SMILES string of the molecule is COc1ccc(C(C)NCCN2CCOCC2)cc1OC. The van der Waals surface area contributed by atoms with Crippen LogP contribution in [0.2, 0.25) is 0 Å². The van der Waals surface area contributed by atoms with E-state index < -0.39 is 0 Å². The lowest BCUT2D eigenvalue weighted by molar-refractivity contribution is 0.0382. The summed E-state index contributed by atoms with van der Waals surface area (Å²) in [5.41, 5.74) is 1.20. The predicted octanol–water partition coefficient (Wildman–Crippen LogP) is 1.69. The van der Waals surface area contributed by atoms with E-state index in [9.17, 15) is 0 Å². The molecule has 0 aromatic heterocycles. The van der Waals surface area contributed by atoms with Crippen LogP contribution in [0.3, 0.4) is 0 Å². The minimum Gasteiger partial charge on any atom is -0.493 e. The van der Waals surface area contributed by atoms with Gasteiger partial charge in [-0.25, -0.2) is 0 Å². The number of methoxy groups -OCH3 is 2. The lowest BCUT2D eigenvalue weighted by Gasteiger charge is -2.27. The molecule has 5 nitrogen and oxygen atoms in total. The summed E-state index contributed by atoms with van der Waals surface area (Å²) in [6.07, 6.45) is 0. The third-order valence-electron chi connectivity index (χ3n) is 3.89. The van der Waals surface area contributed by atoms with E-state index in [0.717, 1.165) is 50.9 Å². The Labute approximate surface area is 127 Å². The molecule has 1 unspecified atom stereocenters. The zero-order valence-corrected chi connectivity index (χ0v) is 13.2. The Hall–Kier alpha value is -1.30. The lowest BCUT2D eigenvalue weighted by atomic mass is 10.1. The maximum Gasteiger partial charge on any atom is 0.161 e. The van der Waals surface area contributed by atoms with Crippen molar-refractivity contribution in [3.05, 3.63) is 23.8 Å². The van der Waals surface area contributed by atoms with E-state index >= 15 is 0 Å². The molecule has 1 aliphatic rings. The minimum absolute atomic E-state index is 0.283. The van der Waals surface area contributed by atoms with Gasteiger partial charge in [0.25, 0.3) is 0 Å². The normalized spacial score (nSPS) is 17.5. The number of nitrogens with zero attached hydrogens (tertiary/aromatic N) is 1. The molecule has 1 aliphatic heterocycles. The number of rotatable bonds is 7. The molecule has 1 heterocycles. The van der Waals surface area contributed by atoms with Crippen LogP contribution in [-0.2, 0) is 4.74 Å². The molecule has 118 valence electrons. The third kappa shape index (κ3) is 4.59. The van der Waals surface area contributed by atoms with Crippen LogP contribution < -0.4 is 14.8 Å². The van der Waals surface area contributed by atoms with Crippen LogP contribution in [0, 0.1) is 0 Å². The quantitative estimate of drug-likeness (QED) is 0.829. The van der Waals surface area contributed by atoms with Gasteiger partial charge in [-0.05, 0) is 24.6 Å². The van der Waals surface area contributed by atoms with Crippen LogP contribution in [-0.4, -0.2) is 58.5 Å². The van der Waals surface area contributed by atoms with Crippen molar-refractivity contribution in [2.24, 2.45) is 0 Å². The maximum atomic E-state index is 5.36. The fraction of sp³-hybridized carbons (Fsp3) is 0.625. The molecular weight excluding hydrogens is 268 g/mol. The van der Waals surface area contributed by atoms with Gasteiger partial charge in [0.1, 0.15) is 0 Å². The van der Waals surface area contributed by atoms with Crippen molar-refractivity contribution in [1.82, 2.24) is 10.2 Å². The van der Waals surface area contributed by atoms with E-state index in [2.05, 4.69) is 23.2 Å². The van der Waals surface area contributed by atoms with Gasteiger partial charge in [-0.15, -0.1) is 0 Å². The van der Waals surface area contributed by atoms with Gasteiger partial charge in [0.15, 0.2) is 11.5 Å². The minimum atomic E-state index is 0.283. The van der Waals surface area contributed by atoms with Gasteiger partial charge in [-0.1, -0.05) is 6.07 Å².